The molecule has 2 heterocycles. The van der Waals surface area contributed by atoms with E-state index in [1.54, 1.807) is 6.92 Å². The third kappa shape index (κ3) is 3.74. The van der Waals surface area contributed by atoms with Crippen molar-refractivity contribution in [1.82, 2.24) is 25.1 Å². The Morgan fingerprint density at radius 1 is 1.11 bits per heavy atom. The van der Waals surface area contributed by atoms with E-state index in [9.17, 15) is 4.79 Å². The van der Waals surface area contributed by atoms with E-state index in [1.807, 2.05) is 54.6 Å². The van der Waals surface area contributed by atoms with Crippen molar-refractivity contribution in [2.75, 3.05) is 5.32 Å². The second-order valence-corrected chi connectivity index (χ2v) is 5.88. The monoisotopic (exact) mass is 360 g/mol. The van der Waals surface area contributed by atoms with Crippen LogP contribution < -0.4 is 5.32 Å². The number of anilines is 1. The summed E-state index contributed by atoms with van der Waals surface area (Å²) < 4.78 is 5.17. The molecule has 0 bridgehead atoms. The highest BCUT2D eigenvalue weighted by Crippen LogP contribution is 2.19. The van der Waals surface area contributed by atoms with E-state index in [4.69, 9.17) is 4.52 Å². The SMILES string of the molecule is Cc1noc(Cc2ccccc2NC(=O)c2cnn(-c3ccccc3)n2)n1. The van der Waals surface area contributed by atoms with Crippen molar-refractivity contribution in [2.24, 2.45) is 0 Å². The van der Waals surface area contributed by atoms with E-state index in [2.05, 4.69) is 25.7 Å². The highest BCUT2D eigenvalue weighted by Gasteiger charge is 2.15. The van der Waals surface area contributed by atoms with Crippen LogP contribution in [0.4, 0.5) is 5.69 Å². The van der Waals surface area contributed by atoms with E-state index in [0.29, 0.717) is 23.8 Å². The number of benzene rings is 2. The normalized spacial score (nSPS) is 10.7. The van der Waals surface area contributed by atoms with Gasteiger partial charge in [-0.05, 0) is 30.7 Å². The summed E-state index contributed by atoms with van der Waals surface area (Å²) >= 11 is 0. The molecule has 1 amide bonds. The number of hydrogen-bond acceptors (Lipinski definition) is 6. The zero-order valence-corrected chi connectivity index (χ0v) is 14.5. The van der Waals surface area contributed by atoms with E-state index in [1.165, 1.54) is 11.0 Å². The summed E-state index contributed by atoms with van der Waals surface area (Å²) in [5.41, 5.74) is 2.53. The lowest BCUT2D eigenvalue weighted by molar-refractivity contribution is 0.102. The molecule has 0 atom stereocenters. The lowest BCUT2D eigenvalue weighted by Crippen LogP contribution is -2.14. The van der Waals surface area contributed by atoms with Gasteiger partial charge in [0.1, 0.15) is 0 Å². The lowest BCUT2D eigenvalue weighted by Gasteiger charge is -2.08. The molecule has 8 heteroatoms. The fourth-order valence-corrected chi connectivity index (χ4v) is 2.61. The van der Waals surface area contributed by atoms with Gasteiger partial charge in [-0.3, -0.25) is 4.79 Å². The summed E-state index contributed by atoms with van der Waals surface area (Å²) in [4.78, 5) is 18.2. The molecule has 4 aromatic rings. The highest BCUT2D eigenvalue weighted by molar-refractivity contribution is 6.03. The molecule has 0 radical (unpaired) electrons. The number of aromatic nitrogens is 5. The van der Waals surface area contributed by atoms with Crippen LogP contribution in [-0.2, 0) is 6.42 Å². The quantitative estimate of drug-likeness (QED) is 0.587. The maximum absolute atomic E-state index is 12.6. The van der Waals surface area contributed by atoms with Crippen LogP contribution in [0.2, 0.25) is 0 Å². The van der Waals surface area contributed by atoms with Gasteiger partial charge in [0.05, 0.1) is 18.3 Å². The summed E-state index contributed by atoms with van der Waals surface area (Å²) in [5, 5.41) is 15.1. The third-order valence-corrected chi connectivity index (χ3v) is 3.89. The van der Waals surface area contributed by atoms with Gasteiger partial charge >= 0.3 is 0 Å². The Morgan fingerprint density at radius 3 is 2.67 bits per heavy atom. The van der Waals surface area contributed by atoms with Crippen LogP contribution in [0.15, 0.2) is 65.3 Å². The second kappa shape index (κ2) is 7.20. The van der Waals surface area contributed by atoms with Crippen LogP contribution in [0.5, 0.6) is 0 Å². The first-order chi connectivity index (χ1) is 13.2. The smallest absolute Gasteiger partial charge is 0.277 e. The molecule has 0 saturated heterocycles. The minimum atomic E-state index is -0.341. The summed E-state index contributed by atoms with van der Waals surface area (Å²) in [6.07, 6.45) is 1.86. The number of rotatable bonds is 5. The third-order valence-electron chi connectivity index (χ3n) is 3.89. The van der Waals surface area contributed by atoms with Gasteiger partial charge < -0.3 is 9.84 Å². The summed E-state index contributed by atoms with van der Waals surface area (Å²) in [6.45, 7) is 1.76. The maximum atomic E-state index is 12.6. The molecule has 27 heavy (non-hydrogen) atoms. The summed E-state index contributed by atoms with van der Waals surface area (Å²) in [6, 6.07) is 16.9. The Hall–Kier alpha value is -3.81. The van der Waals surface area contributed by atoms with Crippen LogP contribution >= 0.6 is 0 Å². The molecular formula is C19H16N6O2. The second-order valence-electron chi connectivity index (χ2n) is 5.88. The Balaban J connectivity index is 1.53. The fraction of sp³-hybridized carbons (Fsp3) is 0.105. The van der Waals surface area contributed by atoms with Crippen LogP contribution in [-0.4, -0.2) is 31.0 Å². The van der Waals surface area contributed by atoms with Crippen molar-refractivity contribution < 1.29 is 9.32 Å². The number of hydrogen-bond donors (Lipinski definition) is 1. The van der Waals surface area contributed by atoms with Gasteiger partial charge in [0, 0.05) is 5.69 Å². The van der Waals surface area contributed by atoms with Gasteiger partial charge in [-0.15, -0.1) is 5.10 Å². The number of aryl methyl sites for hydroxylation is 1. The van der Waals surface area contributed by atoms with Gasteiger partial charge in [-0.25, -0.2) is 0 Å². The Kier molecular flexibility index (Phi) is 4.44. The molecular weight excluding hydrogens is 344 g/mol. The standard InChI is InChI=1S/C19H16N6O2/c1-13-21-18(27-24-13)11-14-7-5-6-10-16(14)22-19(26)17-12-20-25(23-17)15-8-3-2-4-9-15/h2-10,12H,11H2,1H3,(H,22,26). The molecule has 0 saturated carbocycles. The van der Waals surface area contributed by atoms with E-state index >= 15 is 0 Å². The van der Waals surface area contributed by atoms with Crippen molar-refractivity contribution in [3.8, 4) is 5.69 Å². The molecule has 0 aliphatic carbocycles. The van der Waals surface area contributed by atoms with Gasteiger partial charge in [0.25, 0.3) is 5.91 Å². The number of nitrogens with zero attached hydrogens (tertiary/aromatic N) is 5. The number of para-hydroxylation sites is 2. The predicted octanol–water partition coefficient (Wildman–Crippen LogP) is 2.80. The summed E-state index contributed by atoms with van der Waals surface area (Å²) in [7, 11) is 0. The molecule has 2 aromatic heterocycles. The van der Waals surface area contributed by atoms with Gasteiger partial charge in [0.15, 0.2) is 11.5 Å². The van der Waals surface area contributed by atoms with Crippen molar-refractivity contribution in [3.63, 3.8) is 0 Å². The molecule has 8 nitrogen and oxygen atoms in total. The van der Waals surface area contributed by atoms with Crippen LogP contribution in [0.25, 0.3) is 5.69 Å². The lowest BCUT2D eigenvalue weighted by atomic mass is 10.1. The molecule has 0 spiro atoms. The van der Waals surface area contributed by atoms with Gasteiger partial charge in [-0.1, -0.05) is 41.6 Å². The van der Waals surface area contributed by atoms with E-state index in [-0.39, 0.29) is 11.6 Å². The number of carbonyl (C=O) groups excluding carboxylic acids is 1. The first-order valence-electron chi connectivity index (χ1n) is 8.35. The first-order valence-corrected chi connectivity index (χ1v) is 8.35. The minimum Gasteiger partial charge on any atom is -0.339 e. The minimum absolute atomic E-state index is 0.224. The average molecular weight is 360 g/mol. The Morgan fingerprint density at radius 2 is 1.89 bits per heavy atom. The largest absolute Gasteiger partial charge is 0.339 e. The van der Waals surface area contributed by atoms with E-state index < -0.39 is 0 Å². The number of amides is 1. The molecule has 4 rings (SSSR count). The Labute approximate surface area is 154 Å². The Bertz CT molecular complexity index is 1070. The maximum Gasteiger partial charge on any atom is 0.277 e. The number of carbonyl (C=O) groups is 1. The average Bonchev–Trinajstić information content (AvgIpc) is 3.33. The topological polar surface area (TPSA) is 98.7 Å². The fourth-order valence-electron chi connectivity index (χ4n) is 2.61. The molecule has 2 aromatic carbocycles. The van der Waals surface area contributed by atoms with Crippen LogP contribution in [0.1, 0.15) is 27.8 Å². The molecule has 0 aliphatic heterocycles. The molecule has 134 valence electrons. The molecule has 1 N–H and O–H groups in total. The molecule has 0 aliphatic rings. The zero-order valence-electron chi connectivity index (χ0n) is 14.5. The van der Waals surface area contributed by atoms with Crippen molar-refractivity contribution in [3.05, 3.63) is 83.8 Å². The van der Waals surface area contributed by atoms with Crippen molar-refractivity contribution in [1.29, 1.82) is 0 Å². The van der Waals surface area contributed by atoms with Crippen LogP contribution in [0, 0.1) is 6.92 Å². The predicted molar refractivity (Wildman–Crippen MR) is 97.6 cm³/mol. The highest BCUT2D eigenvalue weighted by atomic mass is 16.5. The summed E-state index contributed by atoms with van der Waals surface area (Å²) in [5.74, 6) is 0.722. The van der Waals surface area contributed by atoms with Gasteiger partial charge in [0.2, 0.25) is 5.89 Å². The van der Waals surface area contributed by atoms with Gasteiger partial charge in [-0.2, -0.15) is 14.9 Å². The van der Waals surface area contributed by atoms with Crippen molar-refractivity contribution in [2.45, 2.75) is 13.3 Å². The zero-order chi connectivity index (χ0) is 18.6. The van der Waals surface area contributed by atoms with Crippen molar-refractivity contribution >= 4 is 11.6 Å². The number of nitrogens with one attached hydrogen (secondary N) is 1. The molecule has 0 unspecified atom stereocenters. The first kappa shape index (κ1) is 16.6. The van der Waals surface area contributed by atoms with Crippen LogP contribution in [0.3, 0.4) is 0 Å². The van der Waals surface area contributed by atoms with E-state index in [0.717, 1.165) is 11.3 Å². The molecule has 0 fully saturated rings.